The van der Waals surface area contributed by atoms with Gasteiger partial charge in [0.25, 0.3) is 0 Å². The Labute approximate surface area is 118 Å². The Bertz CT molecular complexity index is 396. The van der Waals surface area contributed by atoms with Crippen LogP contribution in [0.2, 0.25) is 0 Å². The van der Waals surface area contributed by atoms with Crippen LogP contribution in [0.5, 0.6) is 0 Å². The van der Waals surface area contributed by atoms with Gasteiger partial charge in [-0.2, -0.15) is 0 Å². The molecule has 0 spiro atoms. The molecule has 106 valence electrons. The first-order valence-corrected chi connectivity index (χ1v) is 7.40. The van der Waals surface area contributed by atoms with E-state index in [1.165, 1.54) is 24.0 Å². The fraction of sp³-hybridized carbons (Fsp3) is 0.647. The summed E-state index contributed by atoms with van der Waals surface area (Å²) in [7, 11) is 2.05. The highest BCUT2D eigenvalue weighted by Gasteiger charge is 2.41. The lowest BCUT2D eigenvalue weighted by molar-refractivity contribution is 0.438. The predicted molar refractivity (Wildman–Crippen MR) is 82.4 cm³/mol. The van der Waals surface area contributed by atoms with Gasteiger partial charge in [-0.15, -0.1) is 0 Å². The first-order valence-electron chi connectivity index (χ1n) is 7.40. The van der Waals surface area contributed by atoms with Crippen molar-refractivity contribution in [3.8, 4) is 0 Å². The van der Waals surface area contributed by atoms with Crippen molar-refractivity contribution in [3.05, 3.63) is 35.4 Å². The molecule has 0 heterocycles. The maximum atomic E-state index is 3.61. The molecule has 1 saturated carbocycles. The topological polar surface area (TPSA) is 24.1 Å². The minimum atomic E-state index is 0.247. The molecule has 0 bridgehead atoms. The molecule has 2 rings (SSSR count). The van der Waals surface area contributed by atoms with E-state index in [0.717, 1.165) is 19.6 Å². The van der Waals surface area contributed by atoms with E-state index in [-0.39, 0.29) is 5.41 Å². The molecule has 0 aromatic heterocycles. The SMILES string of the molecule is CNCC1(CNCc2ccc(C(C)(C)C)cc2)CC1. The number of hydrogen-bond acceptors (Lipinski definition) is 2. The number of nitrogens with one attached hydrogen (secondary N) is 2. The Morgan fingerprint density at radius 1 is 1.05 bits per heavy atom. The zero-order valence-corrected chi connectivity index (χ0v) is 12.8. The van der Waals surface area contributed by atoms with E-state index in [1.807, 2.05) is 7.05 Å². The fourth-order valence-electron chi connectivity index (χ4n) is 2.56. The van der Waals surface area contributed by atoms with Gasteiger partial charge in [0.15, 0.2) is 0 Å². The lowest BCUT2D eigenvalue weighted by Crippen LogP contribution is -2.31. The highest BCUT2D eigenvalue weighted by molar-refractivity contribution is 5.27. The van der Waals surface area contributed by atoms with E-state index in [1.54, 1.807) is 0 Å². The van der Waals surface area contributed by atoms with Gasteiger partial charge in [-0.25, -0.2) is 0 Å². The molecule has 1 aromatic carbocycles. The first-order chi connectivity index (χ1) is 8.95. The molecule has 1 fully saturated rings. The van der Waals surface area contributed by atoms with Gasteiger partial charge >= 0.3 is 0 Å². The summed E-state index contributed by atoms with van der Waals surface area (Å²) in [5.74, 6) is 0. The van der Waals surface area contributed by atoms with E-state index in [9.17, 15) is 0 Å². The van der Waals surface area contributed by atoms with Crippen LogP contribution >= 0.6 is 0 Å². The van der Waals surface area contributed by atoms with Gasteiger partial charge in [-0.3, -0.25) is 0 Å². The van der Waals surface area contributed by atoms with Crippen molar-refractivity contribution >= 4 is 0 Å². The normalized spacial score (nSPS) is 17.5. The first kappa shape index (κ1) is 14.5. The second-order valence-corrected chi connectivity index (χ2v) is 7.08. The molecule has 1 aliphatic carbocycles. The molecule has 1 aromatic rings. The van der Waals surface area contributed by atoms with Crippen molar-refractivity contribution in [1.29, 1.82) is 0 Å². The number of hydrogen-bond donors (Lipinski definition) is 2. The summed E-state index contributed by atoms with van der Waals surface area (Å²) in [6.07, 6.45) is 2.73. The van der Waals surface area contributed by atoms with Crippen LogP contribution in [-0.4, -0.2) is 20.1 Å². The minimum Gasteiger partial charge on any atom is -0.319 e. The van der Waals surface area contributed by atoms with Crippen LogP contribution in [0, 0.1) is 5.41 Å². The molecule has 0 amide bonds. The van der Waals surface area contributed by atoms with Crippen LogP contribution in [0.25, 0.3) is 0 Å². The van der Waals surface area contributed by atoms with Crippen LogP contribution in [0.3, 0.4) is 0 Å². The molecule has 0 unspecified atom stereocenters. The van der Waals surface area contributed by atoms with Gasteiger partial charge in [-0.05, 0) is 41.8 Å². The molecular formula is C17H28N2. The Kier molecular flexibility index (Phi) is 4.32. The van der Waals surface area contributed by atoms with Gasteiger partial charge in [-0.1, -0.05) is 45.0 Å². The van der Waals surface area contributed by atoms with Crippen molar-refractivity contribution in [2.75, 3.05) is 20.1 Å². The van der Waals surface area contributed by atoms with E-state index < -0.39 is 0 Å². The lowest BCUT2D eigenvalue weighted by Gasteiger charge is -2.19. The second kappa shape index (κ2) is 5.64. The molecule has 0 saturated heterocycles. The molecule has 2 nitrogen and oxygen atoms in total. The number of benzene rings is 1. The summed E-state index contributed by atoms with van der Waals surface area (Å²) in [6.45, 7) is 10.0. The van der Waals surface area contributed by atoms with E-state index in [2.05, 4.69) is 55.7 Å². The zero-order valence-electron chi connectivity index (χ0n) is 12.8. The lowest BCUT2D eigenvalue weighted by atomic mass is 9.87. The van der Waals surface area contributed by atoms with E-state index in [4.69, 9.17) is 0 Å². The Hall–Kier alpha value is -0.860. The molecule has 0 aliphatic heterocycles. The molecule has 19 heavy (non-hydrogen) atoms. The summed E-state index contributed by atoms with van der Waals surface area (Å²) in [4.78, 5) is 0. The molecule has 2 heteroatoms. The summed E-state index contributed by atoms with van der Waals surface area (Å²) < 4.78 is 0. The monoisotopic (exact) mass is 260 g/mol. The zero-order chi connectivity index (χ0) is 13.9. The average Bonchev–Trinajstić information content (AvgIpc) is 3.09. The van der Waals surface area contributed by atoms with Crippen LogP contribution in [0.4, 0.5) is 0 Å². The standard InChI is InChI=1S/C17H28N2/c1-16(2,3)15-7-5-14(6-8-15)11-19-13-17(9-10-17)12-18-4/h5-8,18-19H,9-13H2,1-4H3. The molecule has 1 aliphatic rings. The van der Waals surface area contributed by atoms with Crippen molar-refractivity contribution in [2.45, 2.75) is 45.6 Å². The van der Waals surface area contributed by atoms with Crippen LogP contribution < -0.4 is 10.6 Å². The fourth-order valence-corrected chi connectivity index (χ4v) is 2.56. The highest BCUT2D eigenvalue weighted by atomic mass is 14.9. The summed E-state index contributed by atoms with van der Waals surface area (Å²) in [6, 6.07) is 9.03. The van der Waals surface area contributed by atoms with Gasteiger partial charge in [0, 0.05) is 19.6 Å². The van der Waals surface area contributed by atoms with Crippen LogP contribution in [0.15, 0.2) is 24.3 Å². The molecular weight excluding hydrogens is 232 g/mol. The van der Waals surface area contributed by atoms with Crippen LogP contribution in [-0.2, 0) is 12.0 Å². The molecule has 2 N–H and O–H groups in total. The maximum absolute atomic E-state index is 3.61. The minimum absolute atomic E-state index is 0.247. The largest absolute Gasteiger partial charge is 0.319 e. The number of rotatable bonds is 6. The highest BCUT2D eigenvalue weighted by Crippen LogP contribution is 2.44. The van der Waals surface area contributed by atoms with Crippen molar-refractivity contribution in [2.24, 2.45) is 5.41 Å². The smallest absolute Gasteiger partial charge is 0.0205 e. The van der Waals surface area contributed by atoms with Crippen LogP contribution in [0.1, 0.15) is 44.7 Å². The van der Waals surface area contributed by atoms with Gasteiger partial charge in [0.05, 0.1) is 0 Å². The van der Waals surface area contributed by atoms with Crippen molar-refractivity contribution in [3.63, 3.8) is 0 Å². The predicted octanol–water partition coefficient (Wildman–Crippen LogP) is 3.07. The maximum Gasteiger partial charge on any atom is 0.0205 e. The summed E-state index contributed by atoms with van der Waals surface area (Å²) in [5, 5.41) is 6.91. The summed E-state index contributed by atoms with van der Waals surface area (Å²) >= 11 is 0. The Morgan fingerprint density at radius 3 is 2.16 bits per heavy atom. The summed E-state index contributed by atoms with van der Waals surface area (Å²) in [5.41, 5.74) is 3.58. The van der Waals surface area contributed by atoms with Crippen molar-refractivity contribution < 1.29 is 0 Å². The van der Waals surface area contributed by atoms with E-state index >= 15 is 0 Å². The van der Waals surface area contributed by atoms with Gasteiger partial charge in [0.1, 0.15) is 0 Å². The molecule has 0 atom stereocenters. The molecule has 0 radical (unpaired) electrons. The Balaban J connectivity index is 1.81. The second-order valence-electron chi connectivity index (χ2n) is 7.08. The van der Waals surface area contributed by atoms with E-state index in [0.29, 0.717) is 5.41 Å². The van der Waals surface area contributed by atoms with Gasteiger partial charge < -0.3 is 10.6 Å². The average molecular weight is 260 g/mol. The quantitative estimate of drug-likeness (QED) is 0.821. The van der Waals surface area contributed by atoms with Crippen molar-refractivity contribution in [1.82, 2.24) is 10.6 Å². The Morgan fingerprint density at radius 2 is 1.68 bits per heavy atom. The van der Waals surface area contributed by atoms with Gasteiger partial charge in [0.2, 0.25) is 0 Å². The third-order valence-electron chi connectivity index (χ3n) is 4.16. The third kappa shape index (κ3) is 4.05. The third-order valence-corrected chi connectivity index (χ3v) is 4.16.